The van der Waals surface area contributed by atoms with Crippen molar-refractivity contribution in [1.29, 1.82) is 0 Å². The van der Waals surface area contributed by atoms with E-state index in [4.69, 9.17) is 16.3 Å². The third kappa shape index (κ3) is 2.18. The molecule has 0 saturated carbocycles. The Morgan fingerprint density at radius 1 is 1.20 bits per heavy atom. The van der Waals surface area contributed by atoms with Gasteiger partial charge in [0.25, 0.3) is 0 Å². The van der Waals surface area contributed by atoms with E-state index in [1.807, 2.05) is 37.3 Å². The number of aromatic amines is 1. The number of aromatic nitrogens is 2. The number of benzene rings is 2. The van der Waals surface area contributed by atoms with Crippen molar-refractivity contribution in [1.82, 2.24) is 9.55 Å². The Bertz CT molecular complexity index is 803. The van der Waals surface area contributed by atoms with Crippen LogP contribution in [0.3, 0.4) is 0 Å². The van der Waals surface area contributed by atoms with Crippen molar-refractivity contribution in [2.45, 2.75) is 6.92 Å². The second kappa shape index (κ2) is 5.06. The van der Waals surface area contributed by atoms with E-state index in [1.165, 1.54) is 0 Å². The van der Waals surface area contributed by atoms with Crippen LogP contribution in [0.15, 0.2) is 47.3 Å². The fraction of sp³-hybridized carbons (Fsp3) is 0.133. The molecular weight excluding hydrogens is 276 g/mol. The van der Waals surface area contributed by atoms with E-state index in [-0.39, 0.29) is 5.69 Å². The summed E-state index contributed by atoms with van der Waals surface area (Å²) in [6.07, 6.45) is 0. The van der Waals surface area contributed by atoms with Crippen molar-refractivity contribution in [2.75, 3.05) is 6.61 Å². The molecule has 0 saturated heterocycles. The largest absolute Gasteiger partial charge is 0.494 e. The first-order chi connectivity index (χ1) is 9.69. The molecule has 20 heavy (non-hydrogen) atoms. The van der Waals surface area contributed by atoms with Crippen LogP contribution in [0.2, 0.25) is 5.02 Å². The average molecular weight is 289 g/mol. The summed E-state index contributed by atoms with van der Waals surface area (Å²) < 4.78 is 7.01. The lowest BCUT2D eigenvalue weighted by atomic mass is 10.2. The number of rotatable bonds is 3. The zero-order valence-corrected chi connectivity index (χ0v) is 11.6. The number of halogens is 1. The van der Waals surface area contributed by atoms with Gasteiger partial charge in [0.05, 0.1) is 23.3 Å². The molecule has 1 heterocycles. The van der Waals surface area contributed by atoms with E-state index >= 15 is 0 Å². The fourth-order valence-electron chi connectivity index (χ4n) is 2.20. The van der Waals surface area contributed by atoms with Gasteiger partial charge in [-0.2, -0.15) is 0 Å². The molecule has 0 amide bonds. The van der Waals surface area contributed by atoms with Crippen LogP contribution in [0.4, 0.5) is 0 Å². The van der Waals surface area contributed by atoms with E-state index in [9.17, 15) is 4.79 Å². The molecule has 5 heteroatoms. The number of fused-ring (bicyclic) bond motifs is 1. The van der Waals surface area contributed by atoms with Crippen molar-refractivity contribution in [3.63, 3.8) is 0 Å². The highest BCUT2D eigenvalue weighted by Gasteiger charge is 2.09. The first-order valence-corrected chi connectivity index (χ1v) is 6.70. The summed E-state index contributed by atoms with van der Waals surface area (Å²) in [5, 5.41) is 0.595. The monoisotopic (exact) mass is 288 g/mol. The quantitative estimate of drug-likeness (QED) is 0.803. The maximum absolute atomic E-state index is 12.1. The van der Waals surface area contributed by atoms with Gasteiger partial charge in [-0.25, -0.2) is 4.79 Å². The summed E-state index contributed by atoms with van der Waals surface area (Å²) in [6.45, 7) is 2.55. The molecule has 0 aliphatic rings. The van der Waals surface area contributed by atoms with Crippen LogP contribution in [-0.4, -0.2) is 16.2 Å². The molecule has 0 radical (unpaired) electrons. The average Bonchev–Trinajstić information content (AvgIpc) is 2.75. The summed E-state index contributed by atoms with van der Waals surface area (Å²) in [5.74, 6) is 0.784. The molecule has 0 fully saturated rings. The van der Waals surface area contributed by atoms with E-state index < -0.39 is 0 Å². The van der Waals surface area contributed by atoms with Crippen LogP contribution < -0.4 is 10.4 Å². The Morgan fingerprint density at radius 3 is 2.65 bits per heavy atom. The van der Waals surface area contributed by atoms with Crippen LogP contribution >= 0.6 is 11.6 Å². The summed E-state index contributed by atoms with van der Waals surface area (Å²) in [7, 11) is 0. The Morgan fingerprint density at radius 2 is 1.95 bits per heavy atom. The van der Waals surface area contributed by atoms with E-state index in [0.29, 0.717) is 11.6 Å². The first kappa shape index (κ1) is 12.8. The van der Waals surface area contributed by atoms with Crippen LogP contribution in [0, 0.1) is 0 Å². The molecule has 3 rings (SSSR count). The number of H-pyrrole nitrogens is 1. The lowest BCUT2D eigenvalue weighted by molar-refractivity contribution is 0.340. The van der Waals surface area contributed by atoms with Crippen molar-refractivity contribution >= 4 is 22.6 Å². The van der Waals surface area contributed by atoms with Gasteiger partial charge >= 0.3 is 5.69 Å². The zero-order valence-electron chi connectivity index (χ0n) is 10.9. The number of hydrogen-bond donors (Lipinski definition) is 1. The predicted octanol–water partition coefficient (Wildman–Crippen LogP) is 3.37. The lowest BCUT2D eigenvalue weighted by Crippen LogP contribution is -2.14. The molecule has 0 bridgehead atoms. The summed E-state index contributed by atoms with van der Waals surface area (Å²) in [6, 6.07) is 12.7. The van der Waals surface area contributed by atoms with Crippen LogP contribution in [0.25, 0.3) is 16.7 Å². The normalized spacial score (nSPS) is 10.9. The highest BCUT2D eigenvalue weighted by atomic mass is 35.5. The van der Waals surface area contributed by atoms with Gasteiger partial charge in [-0.15, -0.1) is 0 Å². The minimum atomic E-state index is -0.188. The molecule has 1 N–H and O–H groups in total. The van der Waals surface area contributed by atoms with Crippen LogP contribution in [0.1, 0.15) is 6.92 Å². The maximum Gasteiger partial charge on any atom is 0.331 e. The van der Waals surface area contributed by atoms with Gasteiger partial charge in [0.2, 0.25) is 0 Å². The maximum atomic E-state index is 12.1. The molecule has 0 spiro atoms. The van der Waals surface area contributed by atoms with Gasteiger partial charge in [-0.3, -0.25) is 4.57 Å². The summed E-state index contributed by atoms with van der Waals surface area (Å²) in [4.78, 5) is 14.9. The number of ether oxygens (including phenoxy) is 1. The number of hydrogen-bond acceptors (Lipinski definition) is 2. The minimum absolute atomic E-state index is 0.188. The molecule has 3 aromatic rings. The van der Waals surface area contributed by atoms with Crippen LogP contribution in [0.5, 0.6) is 5.75 Å². The molecule has 0 unspecified atom stereocenters. The number of imidazole rings is 1. The summed E-state index contributed by atoms with van der Waals surface area (Å²) >= 11 is 5.93. The Kier molecular flexibility index (Phi) is 3.24. The molecular formula is C15H13ClN2O2. The Hall–Kier alpha value is -2.20. The van der Waals surface area contributed by atoms with Gasteiger partial charge in [-0.1, -0.05) is 11.6 Å². The third-order valence-electron chi connectivity index (χ3n) is 3.05. The minimum Gasteiger partial charge on any atom is -0.494 e. The molecule has 0 atom stereocenters. The van der Waals surface area contributed by atoms with Crippen molar-refractivity contribution in [2.24, 2.45) is 0 Å². The SMILES string of the molecule is CCOc1ccc(-n2c(=O)[nH]c3cc(Cl)ccc32)cc1. The molecule has 0 aliphatic heterocycles. The smallest absolute Gasteiger partial charge is 0.331 e. The molecule has 102 valence electrons. The van der Waals surface area contributed by atoms with Gasteiger partial charge < -0.3 is 9.72 Å². The third-order valence-corrected chi connectivity index (χ3v) is 3.29. The topological polar surface area (TPSA) is 47.0 Å². The van der Waals surface area contributed by atoms with Gasteiger partial charge in [0.1, 0.15) is 5.75 Å². The molecule has 4 nitrogen and oxygen atoms in total. The number of nitrogens with one attached hydrogen (secondary N) is 1. The number of nitrogens with zero attached hydrogens (tertiary/aromatic N) is 1. The van der Waals surface area contributed by atoms with Crippen molar-refractivity contribution < 1.29 is 4.74 Å². The van der Waals surface area contributed by atoms with Crippen LogP contribution in [-0.2, 0) is 0 Å². The standard InChI is InChI=1S/C15H13ClN2O2/c1-2-20-12-6-4-11(5-7-12)18-14-8-3-10(16)9-13(14)17-15(18)19/h3-9H,2H2,1H3,(H,17,19). The zero-order chi connectivity index (χ0) is 14.1. The highest BCUT2D eigenvalue weighted by molar-refractivity contribution is 6.31. The van der Waals surface area contributed by atoms with E-state index in [2.05, 4.69) is 4.98 Å². The van der Waals surface area contributed by atoms with E-state index in [1.54, 1.807) is 16.7 Å². The Labute approximate surface area is 120 Å². The fourth-order valence-corrected chi connectivity index (χ4v) is 2.37. The molecule has 0 aliphatic carbocycles. The lowest BCUT2D eigenvalue weighted by Gasteiger charge is -2.06. The highest BCUT2D eigenvalue weighted by Crippen LogP contribution is 2.21. The van der Waals surface area contributed by atoms with Gasteiger partial charge in [0, 0.05) is 5.02 Å². The molecule has 2 aromatic carbocycles. The Balaban J connectivity index is 2.14. The second-order valence-corrected chi connectivity index (χ2v) is 4.79. The summed E-state index contributed by atoms with van der Waals surface area (Å²) in [5.41, 5.74) is 2.11. The first-order valence-electron chi connectivity index (χ1n) is 6.32. The van der Waals surface area contributed by atoms with Crippen molar-refractivity contribution in [3.05, 3.63) is 58.0 Å². The van der Waals surface area contributed by atoms with Gasteiger partial charge in [-0.05, 0) is 49.4 Å². The van der Waals surface area contributed by atoms with E-state index in [0.717, 1.165) is 22.5 Å². The second-order valence-electron chi connectivity index (χ2n) is 4.35. The molecule has 1 aromatic heterocycles. The predicted molar refractivity (Wildman–Crippen MR) is 80.1 cm³/mol. The van der Waals surface area contributed by atoms with Gasteiger partial charge in [0.15, 0.2) is 0 Å². The van der Waals surface area contributed by atoms with Crippen molar-refractivity contribution in [3.8, 4) is 11.4 Å².